The Morgan fingerprint density at radius 3 is 2.65 bits per heavy atom. The molecule has 1 N–H and O–H groups in total. The maximum absolute atomic E-state index is 11.9. The first-order chi connectivity index (χ1) is 11.0. The van der Waals surface area contributed by atoms with Crippen molar-refractivity contribution in [2.75, 3.05) is 11.9 Å². The third kappa shape index (κ3) is 7.87. The highest BCUT2D eigenvalue weighted by molar-refractivity contribution is 9.09. The zero-order chi connectivity index (χ0) is 17.2. The van der Waals surface area contributed by atoms with E-state index >= 15 is 0 Å². The monoisotopic (exact) mass is 383 g/mol. The van der Waals surface area contributed by atoms with Crippen molar-refractivity contribution in [3.63, 3.8) is 0 Å². The molecule has 0 bridgehead atoms. The van der Waals surface area contributed by atoms with E-state index in [-0.39, 0.29) is 5.91 Å². The Morgan fingerprint density at radius 2 is 2.04 bits per heavy atom. The van der Waals surface area contributed by atoms with Crippen LogP contribution < -0.4 is 10.1 Å². The highest BCUT2D eigenvalue weighted by Crippen LogP contribution is 2.28. The number of alkyl halides is 1. The number of benzene rings is 1. The lowest BCUT2D eigenvalue weighted by Gasteiger charge is -2.16. The van der Waals surface area contributed by atoms with E-state index in [0.717, 1.165) is 37.1 Å². The SMILES string of the molecule is CCCCC(=O)Nc1ccc(CC(Br)CC(C)C)cc1OCC. The predicted octanol–water partition coefficient (Wildman–Crippen LogP) is 5.57. The van der Waals surface area contributed by atoms with Gasteiger partial charge in [-0.15, -0.1) is 0 Å². The van der Waals surface area contributed by atoms with Crippen molar-refractivity contribution in [1.82, 2.24) is 0 Å². The van der Waals surface area contributed by atoms with Crippen LogP contribution in [0, 0.1) is 5.92 Å². The molecule has 0 aromatic heterocycles. The number of carbonyl (C=O) groups excluding carboxylic acids is 1. The van der Waals surface area contributed by atoms with Crippen LogP contribution in [-0.2, 0) is 11.2 Å². The van der Waals surface area contributed by atoms with E-state index in [9.17, 15) is 4.79 Å². The molecule has 1 atom stereocenters. The van der Waals surface area contributed by atoms with Crippen LogP contribution >= 0.6 is 15.9 Å². The van der Waals surface area contributed by atoms with Crippen molar-refractivity contribution in [2.45, 2.75) is 64.6 Å². The average molecular weight is 384 g/mol. The van der Waals surface area contributed by atoms with Crippen LogP contribution in [0.1, 0.15) is 58.9 Å². The molecule has 0 fully saturated rings. The van der Waals surface area contributed by atoms with E-state index in [1.165, 1.54) is 5.56 Å². The minimum absolute atomic E-state index is 0.0544. The number of anilines is 1. The fraction of sp³-hybridized carbons (Fsp3) is 0.632. The summed E-state index contributed by atoms with van der Waals surface area (Å²) in [5, 5.41) is 2.97. The number of carbonyl (C=O) groups is 1. The summed E-state index contributed by atoms with van der Waals surface area (Å²) in [5.74, 6) is 1.49. The smallest absolute Gasteiger partial charge is 0.224 e. The molecule has 0 spiro atoms. The van der Waals surface area contributed by atoms with Crippen molar-refractivity contribution in [3.05, 3.63) is 23.8 Å². The molecule has 23 heavy (non-hydrogen) atoms. The lowest BCUT2D eigenvalue weighted by molar-refractivity contribution is -0.116. The molecule has 0 aliphatic carbocycles. The Bertz CT molecular complexity index is 488. The van der Waals surface area contributed by atoms with Crippen molar-refractivity contribution in [1.29, 1.82) is 0 Å². The van der Waals surface area contributed by atoms with Gasteiger partial charge in [0.15, 0.2) is 0 Å². The van der Waals surface area contributed by atoms with E-state index < -0.39 is 0 Å². The second kappa shape index (κ2) is 10.7. The van der Waals surface area contributed by atoms with Gasteiger partial charge in [-0.05, 0) is 49.8 Å². The summed E-state index contributed by atoms with van der Waals surface area (Å²) in [6.07, 6.45) is 4.59. The molecule has 0 saturated heterocycles. The van der Waals surface area contributed by atoms with Gasteiger partial charge < -0.3 is 10.1 Å². The van der Waals surface area contributed by atoms with Crippen LogP contribution in [0.25, 0.3) is 0 Å². The van der Waals surface area contributed by atoms with E-state index in [0.29, 0.717) is 23.8 Å². The first-order valence-corrected chi connectivity index (χ1v) is 9.57. The fourth-order valence-electron chi connectivity index (χ4n) is 2.47. The summed E-state index contributed by atoms with van der Waals surface area (Å²) in [6.45, 7) is 9.09. The topological polar surface area (TPSA) is 38.3 Å². The number of halogens is 1. The van der Waals surface area contributed by atoms with E-state index in [1.807, 2.05) is 19.1 Å². The second-order valence-corrected chi connectivity index (χ2v) is 7.64. The molecular formula is C19H30BrNO2. The molecule has 0 heterocycles. The van der Waals surface area contributed by atoms with Gasteiger partial charge in [-0.2, -0.15) is 0 Å². The maximum Gasteiger partial charge on any atom is 0.224 e. The Balaban J connectivity index is 2.78. The molecule has 0 aliphatic heterocycles. The molecule has 0 saturated carbocycles. The van der Waals surface area contributed by atoms with Gasteiger partial charge >= 0.3 is 0 Å². The van der Waals surface area contributed by atoms with Crippen molar-refractivity contribution in [2.24, 2.45) is 5.92 Å². The lowest BCUT2D eigenvalue weighted by Crippen LogP contribution is -2.13. The molecule has 3 nitrogen and oxygen atoms in total. The Labute approximate surface area is 149 Å². The largest absolute Gasteiger partial charge is 0.492 e. The maximum atomic E-state index is 11.9. The number of amides is 1. The Hall–Kier alpha value is -1.03. The summed E-state index contributed by atoms with van der Waals surface area (Å²) in [6, 6.07) is 6.08. The number of hydrogen-bond donors (Lipinski definition) is 1. The van der Waals surface area contributed by atoms with Gasteiger partial charge in [0.1, 0.15) is 5.75 Å². The first kappa shape index (κ1) is 20.0. The number of nitrogens with one attached hydrogen (secondary N) is 1. The van der Waals surface area contributed by atoms with Crippen LogP contribution in [0.3, 0.4) is 0 Å². The third-order valence-corrected chi connectivity index (χ3v) is 4.26. The molecule has 1 aromatic carbocycles. The molecule has 1 unspecified atom stereocenters. The molecule has 130 valence electrons. The van der Waals surface area contributed by atoms with Crippen molar-refractivity contribution < 1.29 is 9.53 Å². The van der Waals surface area contributed by atoms with Crippen LogP contribution in [0.4, 0.5) is 5.69 Å². The molecule has 1 aromatic rings. The minimum atomic E-state index is 0.0544. The quantitative estimate of drug-likeness (QED) is 0.536. The molecule has 1 amide bonds. The first-order valence-electron chi connectivity index (χ1n) is 8.65. The normalized spacial score (nSPS) is 12.3. The highest BCUT2D eigenvalue weighted by Gasteiger charge is 2.12. The molecular weight excluding hydrogens is 354 g/mol. The molecule has 4 heteroatoms. The highest BCUT2D eigenvalue weighted by atomic mass is 79.9. The molecule has 0 radical (unpaired) electrons. The van der Waals surface area contributed by atoms with E-state index in [4.69, 9.17) is 4.74 Å². The number of hydrogen-bond acceptors (Lipinski definition) is 2. The van der Waals surface area contributed by atoms with Gasteiger partial charge in [0.25, 0.3) is 0 Å². The van der Waals surface area contributed by atoms with Crippen LogP contribution in [-0.4, -0.2) is 17.3 Å². The van der Waals surface area contributed by atoms with E-state index in [1.54, 1.807) is 0 Å². The van der Waals surface area contributed by atoms with Crippen LogP contribution in [0.2, 0.25) is 0 Å². The second-order valence-electron chi connectivity index (χ2n) is 6.35. The summed E-state index contributed by atoms with van der Waals surface area (Å²) >= 11 is 3.76. The average Bonchev–Trinajstić information content (AvgIpc) is 2.47. The minimum Gasteiger partial charge on any atom is -0.492 e. The van der Waals surface area contributed by atoms with E-state index in [2.05, 4.69) is 48.1 Å². The zero-order valence-corrected chi connectivity index (χ0v) is 16.4. The van der Waals surface area contributed by atoms with Gasteiger partial charge in [0, 0.05) is 11.2 Å². The van der Waals surface area contributed by atoms with Gasteiger partial charge in [0.2, 0.25) is 5.91 Å². The Kier molecular flexibility index (Phi) is 9.30. The van der Waals surface area contributed by atoms with Crippen molar-refractivity contribution >= 4 is 27.5 Å². The predicted molar refractivity (Wildman–Crippen MR) is 102 cm³/mol. The van der Waals surface area contributed by atoms with Crippen LogP contribution in [0.5, 0.6) is 5.75 Å². The zero-order valence-electron chi connectivity index (χ0n) is 14.8. The summed E-state index contributed by atoms with van der Waals surface area (Å²) < 4.78 is 5.72. The molecule has 0 aliphatic rings. The third-order valence-electron chi connectivity index (χ3n) is 3.56. The fourth-order valence-corrected chi connectivity index (χ4v) is 3.59. The summed E-state index contributed by atoms with van der Waals surface area (Å²) in [7, 11) is 0. The van der Waals surface area contributed by atoms with Gasteiger partial charge in [-0.3, -0.25) is 4.79 Å². The standard InChI is InChI=1S/C19H30BrNO2/c1-5-7-8-19(22)21-17-10-9-15(13-18(17)23-6-2)12-16(20)11-14(3)4/h9-10,13-14,16H,5-8,11-12H2,1-4H3,(H,21,22). The lowest BCUT2D eigenvalue weighted by atomic mass is 10.0. The Morgan fingerprint density at radius 1 is 1.30 bits per heavy atom. The summed E-state index contributed by atoms with van der Waals surface area (Å²) in [4.78, 5) is 12.4. The summed E-state index contributed by atoms with van der Waals surface area (Å²) in [5.41, 5.74) is 1.99. The van der Waals surface area contributed by atoms with Gasteiger partial charge in [-0.25, -0.2) is 0 Å². The number of unbranched alkanes of at least 4 members (excludes halogenated alkanes) is 1. The van der Waals surface area contributed by atoms with Gasteiger partial charge in [0.05, 0.1) is 12.3 Å². The number of rotatable bonds is 10. The van der Waals surface area contributed by atoms with Crippen LogP contribution in [0.15, 0.2) is 18.2 Å². The van der Waals surface area contributed by atoms with Crippen molar-refractivity contribution in [3.8, 4) is 5.75 Å². The molecule has 1 rings (SSSR count). The van der Waals surface area contributed by atoms with Gasteiger partial charge in [-0.1, -0.05) is 49.2 Å². The number of ether oxygens (including phenoxy) is 1.